The third kappa shape index (κ3) is 2.55. The highest BCUT2D eigenvalue weighted by molar-refractivity contribution is 5.88. The van der Waals surface area contributed by atoms with Crippen LogP contribution in [0.4, 0.5) is 5.82 Å². The van der Waals surface area contributed by atoms with Crippen LogP contribution < -0.4 is 15.2 Å². The summed E-state index contributed by atoms with van der Waals surface area (Å²) in [5.74, 6) is 2.28. The van der Waals surface area contributed by atoms with Crippen LogP contribution in [-0.4, -0.2) is 34.0 Å². The molecule has 8 heteroatoms. The Balaban J connectivity index is 0.00000161. The van der Waals surface area contributed by atoms with Crippen molar-refractivity contribution in [2.75, 3.05) is 20.0 Å². The van der Waals surface area contributed by atoms with E-state index >= 15 is 0 Å². The zero-order valence-electron chi connectivity index (χ0n) is 11.5. The molecule has 7 nitrogen and oxygen atoms in total. The summed E-state index contributed by atoms with van der Waals surface area (Å²) in [4.78, 5) is 8.50. The van der Waals surface area contributed by atoms with Crippen LogP contribution >= 0.6 is 12.4 Å². The summed E-state index contributed by atoms with van der Waals surface area (Å²) >= 11 is 0. The highest BCUT2D eigenvalue weighted by atomic mass is 35.5. The number of aromatic nitrogens is 4. The summed E-state index contributed by atoms with van der Waals surface area (Å²) in [5.41, 5.74) is 6.38. The van der Waals surface area contributed by atoms with Crippen LogP contribution in [0.3, 0.4) is 0 Å². The molecule has 0 aliphatic rings. The molecule has 3 rings (SSSR count). The first-order valence-corrected chi connectivity index (χ1v) is 5.91. The zero-order chi connectivity index (χ0) is 14.1. The number of halogens is 1. The Hall–Kier alpha value is -2.54. The van der Waals surface area contributed by atoms with Gasteiger partial charge >= 0.3 is 0 Å². The van der Waals surface area contributed by atoms with Crippen molar-refractivity contribution in [3.8, 4) is 17.3 Å². The van der Waals surface area contributed by atoms with E-state index in [1.54, 1.807) is 37.2 Å². The molecule has 0 fully saturated rings. The van der Waals surface area contributed by atoms with Gasteiger partial charge in [-0.2, -0.15) is 0 Å². The number of rotatable bonds is 3. The van der Waals surface area contributed by atoms with E-state index in [1.165, 1.54) is 6.33 Å². The average molecular weight is 308 g/mol. The molecule has 3 aromatic rings. The van der Waals surface area contributed by atoms with Crippen molar-refractivity contribution in [3.63, 3.8) is 0 Å². The lowest BCUT2D eigenvalue weighted by Crippen LogP contribution is -2.02. The lowest BCUT2D eigenvalue weighted by Gasteiger charge is -2.10. The standard InChI is InChI=1S/C13H13N5O2.ClH/c1-19-10-5-8-9(6-11(10)20-2)15-7-16-13(8)18-4-3-12(14)17-18;/h3-7H,1-2H3,(H2,14,17);1H. The Morgan fingerprint density at radius 3 is 2.43 bits per heavy atom. The molecule has 0 saturated carbocycles. The molecule has 110 valence electrons. The fourth-order valence-corrected chi connectivity index (χ4v) is 2.01. The van der Waals surface area contributed by atoms with Gasteiger partial charge in [0.1, 0.15) is 12.1 Å². The van der Waals surface area contributed by atoms with Crippen LogP contribution in [0.1, 0.15) is 0 Å². The van der Waals surface area contributed by atoms with Gasteiger partial charge in [0.05, 0.1) is 19.7 Å². The van der Waals surface area contributed by atoms with Crippen LogP contribution in [-0.2, 0) is 0 Å². The number of hydrogen-bond donors (Lipinski definition) is 1. The maximum Gasteiger partial charge on any atom is 0.164 e. The second-order valence-corrected chi connectivity index (χ2v) is 4.11. The second-order valence-electron chi connectivity index (χ2n) is 4.11. The molecule has 0 spiro atoms. The van der Waals surface area contributed by atoms with Gasteiger partial charge in [-0.1, -0.05) is 0 Å². The Labute approximate surface area is 127 Å². The van der Waals surface area contributed by atoms with Gasteiger partial charge in [-0.25, -0.2) is 14.6 Å². The first kappa shape index (κ1) is 14.9. The summed E-state index contributed by atoms with van der Waals surface area (Å²) in [6, 6.07) is 5.32. The molecule has 0 aliphatic carbocycles. The van der Waals surface area contributed by atoms with Crippen LogP contribution in [0.25, 0.3) is 16.7 Å². The number of fused-ring (bicyclic) bond motifs is 1. The Kier molecular flexibility index (Phi) is 4.13. The van der Waals surface area contributed by atoms with E-state index in [4.69, 9.17) is 15.2 Å². The van der Waals surface area contributed by atoms with E-state index in [9.17, 15) is 0 Å². The highest BCUT2D eigenvalue weighted by Crippen LogP contribution is 2.32. The predicted octanol–water partition coefficient (Wildman–Crippen LogP) is 1.84. The van der Waals surface area contributed by atoms with Gasteiger partial charge in [-0.15, -0.1) is 17.5 Å². The fraction of sp³-hybridized carbons (Fsp3) is 0.154. The van der Waals surface area contributed by atoms with E-state index in [-0.39, 0.29) is 12.4 Å². The van der Waals surface area contributed by atoms with Crippen LogP contribution in [0.15, 0.2) is 30.7 Å². The Bertz CT molecular complexity index is 774. The van der Waals surface area contributed by atoms with Gasteiger partial charge < -0.3 is 15.2 Å². The van der Waals surface area contributed by atoms with E-state index in [0.717, 1.165) is 10.9 Å². The minimum Gasteiger partial charge on any atom is -0.493 e. The molecule has 0 aliphatic heterocycles. The number of nitrogens with zero attached hydrogens (tertiary/aromatic N) is 4. The molecule has 21 heavy (non-hydrogen) atoms. The minimum absolute atomic E-state index is 0. The molecular formula is C13H14ClN5O2. The molecule has 2 heterocycles. The Morgan fingerprint density at radius 2 is 1.81 bits per heavy atom. The van der Waals surface area contributed by atoms with Gasteiger partial charge in [-0.05, 0) is 6.07 Å². The van der Waals surface area contributed by atoms with Crippen molar-refractivity contribution in [1.29, 1.82) is 0 Å². The van der Waals surface area contributed by atoms with Crippen molar-refractivity contribution in [2.24, 2.45) is 0 Å². The van der Waals surface area contributed by atoms with Crippen molar-refractivity contribution in [3.05, 3.63) is 30.7 Å². The van der Waals surface area contributed by atoms with Crippen molar-refractivity contribution < 1.29 is 9.47 Å². The third-order valence-electron chi connectivity index (χ3n) is 2.95. The number of nitrogen functional groups attached to an aromatic ring is 1. The Morgan fingerprint density at radius 1 is 1.10 bits per heavy atom. The summed E-state index contributed by atoms with van der Waals surface area (Å²) in [5, 5.41) is 4.96. The molecule has 2 aromatic heterocycles. The van der Waals surface area contributed by atoms with Gasteiger partial charge in [0.2, 0.25) is 0 Å². The van der Waals surface area contributed by atoms with E-state index in [1.807, 2.05) is 6.07 Å². The maximum absolute atomic E-state index is 5.64. The number of benzene rings is 1. The van der Waals surface area contributed by atoms with Gasteiger partial charge in [0, 0.05) is 23.7 Å². The second kappa shape index (κ2) is 5.84. The van der Waals surface area contributed by atoms with Crippen molar-refractivity contribution in [1.82, 2.24) is 19.7 Å². The smallest absolute Gasteiger partial charge is 0.164 e. The lowest BCUT2D eigenvalue weighted by molar-refractivity contribution is 0.355. The third-order valence-corrected chi connectivity index (χ3v) is 2.95. The molecule has 0 bridgehead atoms. The normalized spacial score (nSPS) is 10.2. The topological polar surface area (TPSA) is 88.1 Å². The molecule has 0 amide bonds. The van der Waals surface area contributed by atoms with Gasteiger partial charge in [0.25, 0.3) is 0 Å². The molecule has 0 saturated heterocycles. The fourth-order valence-electron chi connectivity index (χ4n) is 2.01. The quantitative estimate of drug-likeness (QED) is 0.794. The number of hydrogen-bond acceptors (Lipinski definition) is 6. The highest BCUT2D eigenvalue weighted by Gasteiger charge is 2.12. The maximum atomic E-state index is 5.64. The van der Waals surface area contributed by atoms with Gasteiger partial charge in [-0.3, -0.25) is 0 Å². The van der Waals surface area contributed by atoms with Crippen LogP contribution in [0, 0.1) is 0 Å². The van der Waals surface area contributed by atoms with Crippen LogP contribution in [0.2, 0.25) is 0 Å². The van der Waals surface area contributed by atoms with Crippen molar-refractivity contribution in [2.45, 2.75) is 0 Å². The molecule has 0 atom stereocenters. The number of anilines is 1. The predicted molar refractivity (Wildman–Crippen MR) is 81.4 cm³/mol. The molecule has 0 unspecified atom stereocenters. The van der Waals surface area contributed by atoms with Crippen LogP contribution in [0.5, 0.6) is 11.5 Å². The lowest BCUT2D eigenvalue weighted by atomic mass is 10.2. The zero-order valence-corrected chi connectivity index (χ0v) is 12.3. The minimum atomic E-state index is 0. The molecule has 1 aromatic carbocycles. The van der Waals surface area contributed by atoms with E-state index in [2.05, 4.69) is 15.1 Å². The number of nitrogens with two attached hydrogens (primary N) is 1. The largest absolute Gasteiger partial charge is 0.493 e. The average Bonchev–Trinajstić information content (AvgIpc) is 2.91. The molecular weight excluding hydrogens is 294 g/mol. The summed E-state index contributed by atoms with van der Waals surface area (Å²) < 4.78 is 12.2. The van der Waals surface area contributed by atoms with E-state index in [0.29, 0.717) is 23.1 Å². The first-order valence-electron chi connectivity index (χ1n) is 5.91. The van der Waals surface area contributed by atoms with Gasteiger partial charge in [0.15, 0.2) is 17.3 Å². The van der Waals surface area contributed by atoms with E-state index < -0.39 is 0 Å². The van der Waals surface area contributed by atoms with Crippen molar-refractivity contribution >= 4 is 29.1 Å². The monoisotopic (exact) mass is 307 g/mol. The molecule has 0 radical (unpaired) electrons. The SMILES string of the molecule is COc1cc2ncnc(-n3ccc(N)n3)c2cc1OC.Cl. The summed E-state index contributed by atoms with van der Waals surface area (Å²) in [6.07, 6.45) is 3.22. The summed E-state index contributed by atoms with van der Waals surface area (Å²) in [7, 11) is 3.17. The number of ether oxygens (including phenoxy) is 2. The number of methoxy groups -OCH3 is 2. The summed E-state index contributed by atoms with van der Waals surface area (Å²) in [6.45, 7) is 0. The first-order chi connectivity index (χ1) is 9.72. The molecule has 2 N–H and O–H groups in total.